The Bertz CT molecular complexity index is 348. The van der Waals surface area contributed by atoms with Gasteiger partial charge in [-0.2, -0.15) is 0 Å². The molecule has 0 bridgehead atoms. The number of carbonyl (C=O) groups excluding carboxylic acids is 1. The second kappa shape index (κ2) is 5.14. The molecule has 0 aliphatic carbocycles. The maximum Gasteiger partial charge on any atom is 0.339 e. The molecule has 0 aliphatic heterocycles. The molecule has 1 aromatic heterocycles. The Labute approximate surface area is 82.4 Å². The van der Waals surface area contributed by atoms with Gasteiger partial charge in [0.25, 0.3) is 0 Å². The number of esters is 1. The first-order chi connectivity index (χ1) is 6.77. The van der Waals surface area contributed by atoms with E-state index in [1.807, 2.05) is 0 Å². The summed E-state index contributed by atoms with van der Waals surface area (Å²) in [5.41, 5.74) is 6.57. The Hall–Kier alpha value is -1.68. The van der Waals surface area contributed by atoms with Crippen LogP contribution < -0.4 is 5.73 Å². The number of aromatic nitrogens is 1. The van der Waals surface area contributed by atoms with Gasteiger partial charge in [-0.3, -0.25) is 4.98 Å². The highest BCUT2D eigenvalue weighted by Crippen LogP contribution is 2.05. The van der Waals surface area contributed by atoms with Crippen molar-refractivity contribution in [2.24, 2.45) is 5.73 Å². The quantitative estimate of drug-likeness (QED) is 0.721. The van der Waals surface area contributed by atoms with Gasteiger partial charge in [-0.05, 0) is 11.6 Å². The smallest absolute Gasteiger partial charge is 0.339 e. The van der Waals surface area contributed by atoms with Crippen molar-refractivity contribution < 1.29 is 9.53 Å². The van der Waals surface area contributed by atoms with Crippen LogP contribution >= 0.6 is 0 Å². The Morgan fingerprint density at radius 2 is 2.43 bits per heavy atom. The molecule has 0 saturated heterocycles. The zero-order valence-corrected chi connectivity index (χ0v) is 7.93. The summed E-state index contributed by atoms with van der Waals surface area (Å²) in [5, 5.41) is 0. The van der Waals surface area contributed by atoms with Crippen LogP contribution in [0.1, 0.15) is 15.9 Å². The predicted molar refractivity (Wildman–Crippen MR) is 53.7 cm³/mol. The van der Waals surface area contributed by atoms with Gasteiger partial charge >= 0.3 is 5.97 Å². The fourth-order valence-electron chi connectivity index (χ4n) is 0.982. The average molecular weight is 192 g/mol. The molecule has 0 unspecified atom stereocenters. The van der Waals surface area contributed by atoms with E-state index in [1.54, 1.807) is 24.4 Å². The van der Waals surface area contributed by atoms with Crippen LogP contribution in [0, 0.1) is 0 Å². The molecule has 0 amide bonds. The van der Waals surface area contributed by atoms with E-state index in [2.05, 4.69) is 9.72 Å². The van der Waals surface area contributed by atoms with Crippen LogP contribution in [0.5, 0.6) is 0 Å². The summed E-state index contributed by atoms with van der Waals surface area (Å²) in [6, 6.07) is 1.70. The summed E-state index contributed by atoms with van der Waals surface area (Å²) in [4.78, 5) is 15.0. The van der Waals surface area contributed by atoms with Gasteiger partial charge in [0.1, 0.15) is 0 Å². The van der Waals surface area contributed by atoms with E-state index in [4.69, 9.17) is 5.73 Å². The number of nitrogens with zero attached hydrogens (tertiary/aromatic N) is 1. The predicted octanol–water partition coefficient (Wildman–Crippen LogP) is 0.840. The lowest BCUT2D eigenvalue weighted by Gasteiger charge is -1.99. The number of nitrogens with two attached hydrogens (primary N) is 1. The van der Waals surface area contributed by atoms with Gasteiger partial charge in [0, 0.05) is 18.9 Å². The largest absolute Gasteiger partial charge is 0.465 e. The van der Waals surface area contributed by atoms with Gasteiger partial charge in [-0.1, -0.05) is 12.2 Å². The Balaban J connectivity index is 2.89. The SMILES string of the molecule is COC(=O)c1cncc(/C=C\CN)c1. The van der Waals surface area contributed by atoms with E-state index >= 15 is 0 Å². The number of hydrogen-bond acceptors (Lipinski definition) is 4. The standard InChI is InChI=1S/C10H12N2O2/c1-14-10(13)9-5-8(3-2-4-11)6-12-7-9/h2-3,5-7H,4,11H2,1H3/b3-2-. The fourth-order valence-corrected chi connectivity index (χ4v) is 0.982. The van der Waals surface area contributed by atoms with Crippen LogP contribution in [-0.2, 0) is 4.74 Å². The third kappa shape index (κ3) is 2.67. The van der Waals surface area contributed by atoms with E-state index in [0.717, 1.165) is 5.56 Å². The summed E-state index contributed by atoms with van der Waals surface area (Å²) in [5.74, 6) is -0.388. The first kappa shape index (κ1) is 10.4. The van der Waals surface area contributed by atoms with E-state index in [0.29, 0.717) is 12.1 Å². The van der Waals surface area contributed by atoms with E-state index in [-0.39, 0.29) is 5.97 Å². The second-order valence-corrected chi connectivity index (χ2v) is 2.64. The maximum atomic E-state index is 11.1. The highest BCUT2D eigenvalue weighted by molar-refractivity contribution is 5.89. The van der Waals surface area contributed by atoms with Gasteiger partial charge in [0.15, 0.2) is 0 Å². The van der Waals surface area contributed by atoms with E-state index in [1.165, 1.54) is 13.3 Å². The average Bonchev–Trinajstić information content (AvgIpc) is 2.25. The molecule has 0 aromatic carbocycles. The van der Waals surface area contributed by atoms with Crippen molar-refractivity contribution in [3.63, 3.8) is 0 Å². The summed E-state index contributed by atoms with van der Waals surface area (Å²) < 4.78 is 4.57. The lowest BCUT2D eigenvalue weighted by atomic mass is 10.2. The van der Waals surface area contributed by atoms with Crippen molar-refractivity contribution in [1.29, 1.82) is 0 Å². The van der Waals surface area contributed by atoms with Crippen LogP contribution in [0.2, 0.25) is 0 Å². The topological polar surface area (TPSA) is 65.2 Å². The molecular weight excluding hydrogens is 180 g/mol. The number of pyridine rings is 1. The summed E-state index contributed by atoms with van der Waals surface area (Å²) in [6.07, 6.45) is 6.71. The Morgan fingerprint density at radius 1 is 1.64 bits per heavy atom. The monoisotopic (exact) mass is 192 g/mol. The molecule has 0 saturated carbocycles. The first-order valence-electron chi connectivity index (χ1n) is 4.18. The third-order valence-corrected chi connectivity index (χ3v) is 1.63. The molecule has 1 heterocycles. The fraction of sp³-hybridized carbons (Fsp3) is 0.200. The van der Waals surface area contributed by atoms with Crippen LogP contribution in [0.4, 0.5) is 0 Å². The summed E-state index contributed by atoms with van der Waals surface area (Å²) in [6.45, 7) is 0.461. The number of rotatable bonds is 3. The number of methoxy groups -OCH3 is 1. The Kier molecular flexibility index (Phi) is 3.82. The first-order valence-corrected chi connectivity index (χ1v) is 4.18. The van der Waals surface area contributed by atoms with Crippen molar-refractivity contribution in [1.82, 2.24) is 4.98 Å². The molecule has 2 N–H and O–H groups in total. The van der Waals surface area contributed by atoms with E-state index in [9.17, 15) is 4.79 Å². The molecule has 0 spiro atoms. The van der Waals surface area contributed by atoms with Gasteiger partial charge in [0.05, 0.1) is 12.7 Å². The normalized spacial score (nSPS) is 10.4. The minimum absolute atomic E-state index is 0.388. The molecule has 0 radical (unpaired) electrons. The molecule has 14 heavy (non-hydrogen) atoms. The zero-order valence-electron chi connectivity index (χ0n) is 7.93. The summed E-state index contributed by atoms with van der Waals surface area (Å²) >= 11 is 0. The van der Waals surface area contributed by atoms with E-state index < -0.39 is 0 Å². The van der Waals surface area contributed by atoms with Crippen LogP contribution in [0.15, 0.2) is 24.5 Å². The maximum absolute atomic E-state index is 11.1. The van der Waals surface area contributed by atoms with Crippen LogP contribution in [0.3, 0.4) is 0 Å². The lowest BCUT2D eigenvalue weighted by molar-refractivity contribution is 0.0600. The van der Waals surface area contributed by atoms with Gasteiger partial charge < -0.3 is 10.5 Å². The van der Waals surface area contributed by atoms with Crippen molar-refractivity contribution in [2.75, 3.05) is 13.7 Å². The molecule has 74 valence electrons. The highest BCUT2D eigenvalue weighted by Gasteiger charge is 2.04. The molecule has 4 heteroatoms. The van der Waals surface area contributed by atoms with Crippen molar-refractivity contribution in [3.8, 4) is 0 Å². The number of carbonyl (C=O) groups is 1. The molecule has 1 rings (SSSR count). The molecule has 0 fully saturated rings. The van der Waals surface area contributed by atoms with Gasteiger partial charge in [-0.25, -0.2) is 4.79 Å². The third-order valence-electron chi connectivity index (χ3n) is 1.63. The summed E-state index contributed by atoms with van der Waals surface area (Å²) in [7, 11) is 1.34. The molecule has 1 aromatic rings. The van der Waals surface area contributed by atoms with Crippen molar-refractivity contribution in [3.05, 3.63) is 35.7 Å². The van der Waals surface area contributed by atoms with Crippen molar-refractivity contribution in [2.45, 2.75) is 0 Å². The van der Waals surface area contributed by atoms with Crippen molar-refractivity contribution >= 4 is 12.0 Å². The lowest BCUT2D eigenvalue weighted by Crippen LogP contribution is -2.01. The number of hydrogen-bond donors (Lipinski definition) is 1. The van der Waals surface area contributed by atoms with Crippen LogP contribution in [0.25, 0.3) is 6.08 Å². The molecule has 4 nitrogen and oxygen atoms in total. The number of ether oxygens (including phenoxy) is 1. The minimum atomic E-state index is -0.388. The molecule has 0 aliphatic rings. The second-order valence-electron chi connectivity index (χ2n) is 2.64. The minimum Gasteiger partial charge on any atom is -0.465 e. The zero-order chi connectivity index (χ0) is 10.4. The van der Waals surface area contributed by atoms with Gasteiger partial charge in [0.2, 0.25) is 0 Å². The van der Waals surface area contributed by atoms with Crippen LogP contribution in [-0.4, -0.2) is 24.6 Å². The highest BCUT2D eigenvalue weighted by atomic mass is 16.5. The Morgan fingerprint density at radius 3 is 3.07 bits per heavy atom. The molecule has 0 atom stereocenters. The molecular formula is C10H12N2O2. The van der Waals surface area contributed by atoms with Gasteiger partial charge in [-0.15, -0.1) is 0 Å².